The minimum Gasteiger partial charge on any atom is -0.372 e. The van der Waals surface area contributed by atoms with Gasteiger partial charge in [0.2, 0.25) is 10.0 Å². The maximum Gasteiger partial charge on any atom is 0.243 e. The van der Waals surface area contributed by atoms with Crippen LogP contribution in [-0.2, 0) is 15.6 Å². The fraction of sp³-hybridized carbons (Fsp3) is 0.333. The molecule has 5 nitrogen and oxygen atoms in total. The highest BCUT2D eigenvalue weighted by molar-refractivity contribution is 7.89. The first kappa shape index (κ1) is 20.6. The van der Waals surface area contributed by atoms with Gasteiger partial charge in [-0.3, -0.25) is 0 Å². The normalized spacial score (nSPS) is 17.8. The van der Waals surface area contributed by atoms with Crippen LogP contribution in [0.4, 0.5) is 5.69 Å². The summed E-state index contributed by atoms with van der Waals surface area (Å²) in [5.41, 5.74) is 6.33. The third-order valence-corrected chi connectivity index (χ3v) is 9.42. The third-order valence-electron chi connectivity index (χ3n) is 6.97. The van der Waals surface area contributed by atoms with Crippen molar-refractivity contribution in [2.24, 2.45) is 0 Å². The van der Waals surface area contributed by atoms with Crippen molar-refractivity contribution in [3.8, 4) is 5.69 Å². The number of benzene rings is 2. The van der Waals surface area contributed by atoms with Crippen LogP contribution in [0.25, 0.3) is 5.69 Å². The van der Waals surface area contributed by atoms with E-state index in [1.165, 1.54) is 22.5 Å². The first-order valence-corrected chi connectivity index (χ1v) is 12.4. The van der Waals surface area contributed by atoms with Crippen molar-refractivity contribution in [2.75, 3.05) is 18.4 Å². The van der Waals surface area contributed by atoms with Gasteiger partial charge in [0.15, 0.2) is 0 Å². The lowest BCUT2D eigenvalue weighted by molar-refractivity contribution is 0.247. The Morgan fingerprint density at radius 2 is 1.71 bits per heavy atom. The SMILES string of the molecule is Cc1ccc2c(c1C)-n1cccc1C1(CCN(S(=O)(=O)c3cccc(Cl)c3C)CC1)N2. The predicted octanol–water partition coefficient (Wildman–Crippen LogP) is 5.16. The lowest BCUT2D eigenvalue weighted by atomic mass is 9.82. The monoisotopic (exact) mass is 455 g/mol. The highest BCUT2D eigenvalue weighted by Gasteiger charge is 2.44. The number of hydrogen-bond acceptors (Lipinski definition) is 3. The van der Waals surface area contributed by atoms with E-state index in [9.17, 15) is 8.42 Å². The fourth-order valence-electron chi connectivity index (χ4n) is 5.00. The van der Waals surface area contributed by atoms with Crippen LogP contribution in [0, 0.1) is 20.8 Å². The van der Waals surface area contributed by atoms with E-state index in [1.54, 1.807) is 29.4 Å². The summed E-state index contributed by atoms with van der Waals surface area (Å²) in [6, 6.07) is 13.6. The van der Waals surface area contributed by atoms with E-state index < -0.39 is 10.0 Å². The first-order chi connectivity index (χ1) is 14.7. The Morgan fingerprint density at radius 3 is 2.45 bits per heavy atom. The molecule has 1 fully saturated rings. The second kappa shape index (κ2) is 7.12. The van der Waals surface area contributed by atoms with Crippen molar-refractivity contribution in [3.63, 3.8) is 0 Å². The number of rotatable bonds is 2. The highest BCUT2D eigenvalue weighted by Crippen LogP contribution is 2.45. The number of hydrogen-bond donors (Lipinski definition) is 1. The van der Waals surface area contributed by atoms with Gasteiger partial charge >= 0.3 is 0 Å². The number of halogens is 1. The van der Waals surface area contributed by atoms with Crippen LogP contribution >= 0.6 is 11.6 Å². The van der Waals surface area contributed by atoms with Crippen LogP contribution in [0.3, 0.4) is 0 Å². The number of piperidine rings is 1. The molecule has 0 amide bonds. The smallest absolute Gasteiger partial charge is 0.243 e. The summed E-state index contributed by atoms with van der Waals surface area (Å²) in [4.78, 5) is 0.298. The van der Waals surface area contributed by atoms with Gasteiger partial charge in [0.25, 0.3) is 0 Å². The number of aromatic nitrogens is 1. The molecular weight excluding hydrogens is 430 g/mol. The molecular formula is C24H26ClN3O2S. The second-order valence-corrected chi connectivity index (χ2v) is 11.0. The van der Waals surface area contributed by atoms with Crippen LogP contribution < -0.4 is 5.32 Å². The maximum absolute atomic E-state index is 13.3. The zero-order chi connectivity index (χ0) is 22.0. The molecule has 1 saturated heterocycles. The van der Waals surface area contributed by atoms with Crippen LogP contribution in [-0.4, -0.2) is 30.4 Å². The third kappa shape index (κ3) is 3.04. The lowest BCUT2D eigenvalue weighted by Gasteiger charge is -2.46. The van der Waals surface area contributed by atoms with E-state index in [0.29, 0.717) is 41.4 Å². The molecule has 3 heterocycles. The minimum absolute atomic E-state index is 0.284. The van der Waals surface area contributed by atoms with Crippen molar-refractivity contribution in [2.45, 2.75) is 44.0 Å². The van der Waals surface area contributed by atoms with Gasteiger partial charge in [-0.25, -0.2) is 8.42 Å². The van der Waals surface area contributed by atoms with Gasteiger partial charge in [-0.2, -0.15) is 4.31 Å². The first-order valence-electron chi connectivity index (χ1n) is 10.6. The average molecular weight is 456 g/mol. The quantitative estimate of drug-likeness (QED) is 0.580. The van der Waals surface area contributed by atoms with Gasteiger partial charge in [-0.05, 0) is 80.6 Å². The molecule has 31 heavy (non-hydrogen) atoms. The van der Waals surface area contributed by atoms with E-state index in [1.807, 2.05) is 0 Å². The largest absolute Gasteiger partial charge is 0.372 e. The second-order valence-electron chi connectivity index (χ2n) is 8.64. The molecule has 162 valence electrons. The molecule has 3 aromatic rings. The zero-order valence-corrected chi connectivity index (χ0v) is 19.5. The predicted molar refractivity (Wildman–Crippen MR) is 125 cm³/mol. The number of sulfonamides is 1. The molecule has 5 rings (SSSR count). The molecule has 7 heteroatoms. The van der Waals surface area contributed by atoms with Crippen LogP contribution in [0.2, 0.25) is 5.02 Å². The van der Waals surface area contributed by atoms with Crippen LogP contribution in [0.5, 0.6) is 0 Å². The summed E-state index contributed by atoms with van der Waals surface area (Å²) in [7, 11) is -3.59. The maximum atomic E-state index is 13.3. The molecule has 0 saturated carbocycles. The average Bonchev–Trinajstić information content (AvgIpc) is 3.24. The molecule has 0 aliphatic carbocycles. The van der Waals surface area contributed by atoms with Crippen molar-refractivity contribution < 1.29 is 8.42 Å². The van der Waals surface area contributed by atoms with Gasteiger partial charge in [0.1, 0.15) is 0 Å². The summed E-state index contributed by atoms with van der Waals surface area (Å²) in [6.07, 6.45) is 3.51. The van der Waals surface area contributed by atoms with Gasteiger partial charge in [-0.1, -0.05) is 23.7 Å². The number of aryl methyl sites for hydroxylation is 1. The Kier molecular flexibility index (Phi) is 4.73. The topological polar surface area (TPSA) is 54.3 Å². The molecule has 0 radical (unpaired) electrons. The Morgan fingerprint density at radius 1 is 0.968 bits per heavy atom. The molecule has 1 spiro atoms. The molecule has 2 aliphatic rings. The van der Waals surface area contributed by atoms with E-state index in [4.69, 9.17) is 11.6 Å². The Balaban J connectivity index is 1.48. The summed E-state index contributed by atoms with van der Waals surface area (Å²) >= 11 is 6.20. The van der Waals surface area contributed by atoms with Gasteiger partial charge in [0, 0.05) is 30.0 Å². The van der Waals surface area contributed by atoms with Gasteiger partial charge in [-0.15, -0.1) is 0 Å². The van der Waals surface area contributed by atoms with Crippen LogP contribution in [0.15, 0.2) is 53.6 Å². The number of nitrogens with zero attached hydrogens (tertiary/aromatic N) is 2. The Hall–Kier alpha value is -2.28. The zero-order valence-electron chi connectivity index (χ0n) is 17.9. The summed E-state index contributed by atoms with van der Waals surface area (Å²) < 4.78 is 30.6. The summed E-state index contributed by atoms with van der Waals surface area (Å²) in [5, 5.41) is 4.27. The molecule has 2 aromatic carbocycles. The van der Waals surface area contributed by atoms with Crippen molar-refractivity contribution in [1.82, 2.24) is 8.87 Å². The van der Waals surface area contributed by atoms with Crippen LogP contribution in [0.1, 0.15) is 35.2 Å². The van der Waals surface area contributed by atoms with Crippen molar-refractivity contribution in [3.05, 3.63) is 76.1 Å². The Bertz CT molecular complexity index is 1290. The van der Waals surface area contributed by atoms with E-state index in [2.05, 4.69) is 54.2 Å². The molecule has 0 bridgehead atoms. The lowest BCUT2D eigenvalue weighted by Crippen LogP contribution is -2.51. The number of fused-ring (bicyclic) bond motifs is 4. The van der Waals surface area contributed by atoms with Crippen molar-refractivity contribution in [1.29, 1.82) is 0 Å². The van der Waals surface area contributed by atoms with E-state index in [-0.39, 0.29) is 5.54 Å². The van der Waals surface area contributed by atoms with Gasteiger partial charge < -0.3 is 9.88 Å². The minimum atomic E-state index is -3.59. The standard InChI is InChI=1S/C24H26ClN3O2S/c1-16-9-10-20-23(17(16)2)28-13-5-8-22(28)24(26-20)11-14-27(15-12-24)31(29,30)21-7-4-6-19(25)18(21)3/h4-10,13,26H,11-12,14-15H2,1-3H3. The molecule has 0 unspecified atom stereocenters. The van der Waals surface area contributed by atoms with E-state index in [0.717, 1.165) is 5.69 Å². The number of nitrogens with one attached hydrogen (secondary N) is 1. The molecule has 2 aliphatic heterocycles. The van der Waals surface area contributed by atoms with Gasteiger partial charge in [0.05, 0.1) is 21.8 Å². The summed E-state index contributed by atoms with van der Waals surface area (Å²) in [5.74, 6) is 0. The summed E-state index contributed by atoms with van der Waals surface area (Å²) in [6.45, 7) is 6.95. The highest BCUT2D eigenvalue weighted by atomic mass is 35.5. The van der Waals surface area contributed by atoms with E-state index >= 15 is 0 Å². The molecule has 0 atom stereocenters. The molecule has 1 aromatic heterocycles. The Labute approximate surface area is 188 Å². The molecule has 1 N–H and O–H groups in total. The number of anilines is 1. The van der Waals surface area contributed by atoms with Crippen molar-refractivity contribution >= 4 is 27.3 Å². The fourth-order valence-corrected chi connectivity index (χ4v) is 6.92.